The van der Waals surface area contributed by atoms with Gasteiger partial charge in [-0.25, -0.2) is 4.79 Å². The van der Waals surface area contributed by atoms with Gasteiger partial charge in [-0.3, -0.25) is 9.59 Å². The first-order valence-electron chi connectivity index (χ1n) is 9.79. The van der Waals surface area contributed by atoms with Crippen molar-refractivity contribution in [1.82, 2.24) is 10.6 Å². The highest BCUT2D eigenvalue weighted by molar-refractivity contribution is 6.32. The Morgan fingerprint density at radius 3 is 2.40 bits per heavy atom. The van der Waals surface area contributed by atoms with E-state index in [-0.39, 0.29) is 18.0 Å². The molecular weight excluding hydrogens is 380 g/mol. The molecule has 0 radical (unpaired) electrons. The van der Waals surface area contributed by atoms with Gasteiger partial charge in [0, 0.05) is 12.1 Å². The summed E-state index contributed by atoms with van der Waals surface area (Å²) >= 11 is 0. The quantitative estimate of drug-likeness (QED) is 0.508. The standard InChI is InChI=1S/C24H22N2O4/c1-30-23(29)22(28)25-15-17-8-3-5-11-19(17)21(27)26-24(13-14-24)20-12-6-9-16-7-2-4-10-18(16)20/h2-12H,13-15H2,1H3,(H,25,28)(H,26,27). The third-order valence-electron chi connectivity index (χ3n) is 5.48. The number of esters is 1. The van der Waals surface area contributed by atoms with E-state index in [9.17, 15) is 14.4 Å². The van der Waals surface area contributed by atoms with Gasteiger partial charge in [0.05, 0.1) is 12.6 Å². The molecule has 0 atom stereocenters. The molecule has 1 aliphatic rings. The third-order valence-corrected chi connectivity index (χ3v) is 5.48. The molecule has 6 nitrogen and oxygen atoms in total. The van der Waals surface area contributed by atoms with Crippen LogP contribution in [0.15, 0.2) is 66.7 Å². The van der Waals surface area contributed by atoms with Crippen molar-refractivity contribution in [3.05, 3.63) is 83.4 Å². The van der Waals surface area contributed by atoms with Gasteiger partial charge in [-0.2, -0.15) is 0 Å². The summed E-state index contributed by atoms with van der Waals surface area (Å²) in [4.78, 5) is 36.1. The van der Waals surface area contributed by atoms with Crippen LogP contribution in [0.2, 0.25) is 0 Å². The van der Waals surface area contributed by atoms with Crippen LogP contribution in [-0.2, 0) is 26.4 Å². The number of amides is 2. The van der Waals surface area contributed by atoms with E-state index in [1.807, 2.05) is 18.2 Å². The second-order valence-electron chi connectivity index (χ2n) is 7.39. The van der Waals surface area contributed by atoms with E-state index in [4.69, 9.17) is 0 Å². The second-order valence-corrected chi connectivity index (χ2v) is 7.39. The van der Waals surface area contributed by atoms with Gasteiger partial charge in [-0.05, 0) is 40.8 Å². The molecule has 2 N–H and O–H groups in total. The summed E-state index contributed by atoms with van der Waals surface area (Å²) in [7, 11) is 1.14. The Labute approximate surface area is 174 Å². The highest BCUT2D eigenvalue weighted by atomic mass is 16.5. The lowest BCUT2D eigenvalue weighted by Crippen LogP contribution is -2.36. The van der Waals surface area contributed by atoms with E-state index < -0.39 is 11.9 Å². The van der Waals surface area contributed by atoms with Crippen LogP contribution in [0.5, 0.6) is 0 Å². The number of hydrogen-bond acceptors (Lipinski definition) is 4. The lowest BCUT2D eigenvalue weighted by Gasteiger charge is -2.21. The normalized spacial score (nSPS) is 14.0. The average Bonchev–Trinajstić information content (AvgIpc) is 3.56. The first-order chi connectivity index (χ1) is 14.5. The van der Waals surface area contributed by atoms with E-state index in [2.05, 4.69) is 39.6 Å². The number of hydrogen-bond donors (Lipinski definition) is 2. The van der Waals surface area contributed by atoms with Gasteiger partial charge in [0.25, 0.3) is 5.91 Å². The molecule has 0 bridgehead atoms. The summed E-state index contributed by atoms with van der Waals surface area (Å²) in [5.74, 6) is -2.02. The Bertz CT molecular complexity index is 1130. The lowest BCUT2D eigenvalue weighted by molar-refractivity contribution is -0.152. The molecule has 0 aliphatic heterocycles. The van der Waals surface area contributed by atoms with E-state index in [1.54, 1.807) is 24.3 Å². The number of carbonyl (C=O) groups is 3. The van der Waals surface area contributed by atoms with Crippen molar-refractivity contribution in [3.8, 4) is 0 Å². The highest BCUT2D eigenvalue weighted by Gasteiger charge is 2.46. The van der Waals surface area contributed by atoms with Crippen LogP contribution in [0.25, 0.3) is 10.8 Å². The molecule has 152 valence electrons. The first-order valence-corrected chi connectivity index (χ1v) is 9.79. The van der Waals surface area contributed by atoms with Crippen molar-refractivity contribution in [2.45, 2.75) is 24.9 Å². The van der Waals surface area contributed by atoms with E-state index in [1.165, 1.54) is 0 Å². The minimum absolute atomic E-state index is 0.0544. The predicted molar refractivity (Wildman–Crippen MR) is 113 cm³/mol. The number of rotatable bonds is 5. The smallest absolute Gasteiger partial charge is 0.396 e. The number of nitrogens with one attached hydrogen (secondary N) is 2. The largest absolute Gasteiger partial charge is 0.462 e. The maximum Gasteiger partial charge on any atom is 0.396 e. The SMILES string of the molecule is COC(=O)C(=O)NCc1ccccc1C(=O)NC1(c2cccc3ccccc23)CC1. The van der Waals surface area contributed by atoms with Crippen molar-refractivity contribution in [2.75, 3.05) is 7.11 Å². The summed E-state index contributed by atoms with van der Waals surface area (Å²) in [5.41, 5.74) is 1.82. The van der Waals surface area contributed by atoms with Crippen LogP contribution in [0.1, 0.15) is 34.3 Å². The van der Waals surface area contributed by atoms with Crippen LogP contribution < -0.4 is 10.6 Å². The van der Waals surface area contributed by atoms with Gasteiger partial charge < -0.3 is 15.4 Å². The Morgan fingerprint density at radius 1 is 0.933 bits per heavy atom. The molecule has 0 spiro atoms. The summed E-state index contributed by atoms with van der Waals surface area (Å²) < 4.78 is 4.41. The van der Waals surface area contributed by atoms with E-state index in [0.29, 0.717) is 11.1 Å². The third kappa shape index (κ3) is 3.76. The van der Waals surface area contributed by atoms with Gasteiger partial charge in [-0.15, -0.1) is 0 Å². The van der Waals surface area contributed by atoms with Crippen molar-refractivity contribution >= 4 is 28.6 Å². The van der Waals surface area contributed by atoms with Gasteiger partial charge in [0.15, 0.2) is 0 Å². The molecular formula is C24H22N2O4. The molecule has 0 saturated heterocycles. The molecule has 2 amide bonds. The summed E-state index contributed by atoms with van der Waals surface area (Å²) in [6.45, 7) is 0.0544. The van der Waals surface area contributed by atoms with Gasteiger partial charge in [-0.1, -0.05) is 60.7 Å². The predicted octanol–water partition coefficient (Wildman–Crippen LogP) is 3.05. The fraction of sp³-hybridized carbons (Fsp3) is 0.208. The lowest BCUT2D eigenvalue weighted by atomic mass is 9.96. The molecule has 0 unspecified atom stereocenters. The fourth-order valence-electron chi connectivity index (χ4n) is 3.75. The monoisotopic (exact) mass is 402 g/mol. The maximum absolute atomic E-state index is 13.1. The number of benzene rings is 3. The van der Waals surface area contributed by atoms with Crippen LogP contribution >= 0.6 is 0 Å². The molecule has 1 aliphatic carbocycles. The summed E-state index contributed by atoms with van der Waals surface area (Å²) in [6.07, 6.45) is 1.74. The van der Waals surface area contributed by atoms with Crippen molar-refractivity contribution in [3.63, 3.8) is 0 Å². The summed E-state index contributed by atoms with van der Waals surface area (Å²) in [5, 5.41) is 7.97. The van der Waals surface area contributed by atoms with Crippen molar-refractivity contribution in [1.29, 1.82) is 0 Å². The maximum atomic E-state index is 13.1. The number of fused-ring (bicyclic) bond motifs is 1. The Kier molecular flexibility index (Phi) is 5.23. The number of methoxy groups -OCH3 is 1. The highest BCUT2D eigenvalue weighted by Crippen LogP contribution is 2.48. The number of carbonyl (C=O) groups excluding carboxylic acids is 3. The minimum Gasteiger partial charge on any atom is -0.462 e. The van der Waals surface area contributed by atoms with Crippen LogP contribution in [0, 0.1) is 0 Å². The van der Waals surface area contributed by atoms with Gasteiger partial charge in [0.1, 0.15) is 0 Å². The zero-order valence-electron chi connectivity index (χ0n) is 16.6. The molecule has 0 aromatic heterocycles. The summed E-state index contributed by atoms with van der Waals surface area (Å²) in [6, 6.07) is 21.3. The van der Waals surface area contributed by atoms with Crippen molar-refractivity contribution < 1.29 is 19.1 Å². The van der Waals surface area contributed by atoms with E-state index in [0.717, 1.165) is 36.3 Å². The second kappa shape index (κ2) is 7.99. The molecule has 1 fully saturated rings. The Balaban J connectivity index is 1.56. The van der Waals surface area contributed by atoms with Gasteiger partial charge >= 0.3 is 11.9 Å². The molecule has 4 rings (SSSR count). The molecule has 1 saturated carbocycles. The molecule has 0 heterocycles. The van der Waals surface area contributed by atoms with Crippen LogP contribution in [-0.4, -0.2) is 24.9 Å². The Hall–Kier alpha value is -3.67. The first kappa shape index (κ1) is 19.6. The molecule has 6 heteroatoms. The number of ether oxygens (including phenoxy) is 1. The molecule has 3 aromatic rings. The Morgan fingerprint density at radius 2 is 1.63 bits per heavy atom. The molecule has 30 heavy (non-hydrogen) atoms. The van der Waals surface area contributed by atoms with Gasteiger partial charge in [0.2, 0.25) is 0 Å². The van der Waals surface area contributed by atoms with Crippen LogP contribution in [0.4, 0.5) is 0 Å². The fourth-order valence-corrected chi connectivity index (χ4v) is 3.75. The van der Waals surface area contributed by atoms with Crippen LogP contribution in [0.3, 0.4) is 0 Å². The van der Waals surface area contributed by atoms with Crippen molar-refractivity contribution in [2.24, 2.45) is 0 Å². The zero-order chi connectivity index (χ0) is 21.1. The zero-order valence-corrected chi connectivity index (χ0v) is 16.6. The molecule has 3 aromatic carbocycles. The minimum atomic E-state index is -0.968. The topological polar surface area (TPSA) is 84.5 Å². The average molecular weight is 402 g/mol. The van der Waals surface area contributed by atoms with E-state index >= 15 is 0 Å².